The standard InChI is InChI=1S/C6H9N5O/c12-5-10-2-1-6(3-10)11-4-7-8-9-11/h4-6H,1-3H2. The minimum atomic E-state index is 0.255. The van der Waals surface area contributed by atoms with Crippen molar-refractivity contribution in [1.82, 2.24) is 25.1 Å². The van der Waals surface area contributed by atoms with Crippen molar-refractivity contribution in [2.45, 2.75) is 12.5 Å². The highest BCUT2D eigenvalue weighted by atomic mass is 16.1. The van der Waals surface area contributed by atoms with Crippen LogP contribution in [0.2, 0.25) is 0 Å². The molecule has 0 N–H and O–H groups in total. The van der Waals surface area contributed by atoms with Gasteiger partial charge in [0.15, 0.2) is 0 Å². The lowest BCUT2D eigenvalue weighted by Gasteiger charge is -2.08. The van der Waals surface area contributed by atoms with E-state index in [9.17, 15) is 4.79 Å². The first-order valence-corrected chi connectivity index (χ1v) is 3.82. The zero-order valence-electron chi connectivity index (χ0n) is 6.50. The van der Waals surface area contributed by atoms with E-state index in [0.29, 0.717) is 6.54 Å². The molecule has 1 aromatic rings. The monoisotopic (exact) mass is 167 g/mol. The molecule has 12 heavy (non-hydrogen) atoms. The molecule has 0 radical (unpaired) electrons. The van der Waals surface area contributed by atoms with Gasteiger partial charge in [-0.3, -0.25) is 4.79 Å². The first kappa shape index (κ1) is 7.20. The summed E-state index contributed by atoms with van der Waals surface area (Å²) < 4.78 is 1.70. The molecule has 1 saturated heterocycles. The molecule has 1 amide bonds. The maximum atomic E-state index is 10.4. The molecule has 1 aliphatic heterocycles. The summed E-state index contributed by atoms with van der Waals surface area (Å²) in [5, 5.41) is 10.9. The van der Waals surface area contributed by atoms with E-state index in [1.54, 1.807) is 15.9 Å². The lowest BCUT2D eigenvalue weighted by molar-refractivity contribution is -0.117. The number of amides is 1. The van der Waals surface area contributed by atoms with Crippen LogP contribution in [0.15, 0.2) is 6.33 Å². The molecular weight excluding hydrogens is 158 g/mol. The predicted molar refractivity (Wildman–Crippen MR) is 39.1 cm³/mol. The van der Waals surface area contributed by atoms with Gasteiger partial charge in [0.1, 0.15) is 6.33 Å². The van der Waals surface area contributed by atoms with Crippen LogP contribution in [0.3, 0.4) is 0 Å². The Bertz CT molecular complexity index is 259. The molecule has 64 valence electrons. The van der Waals surface area contributed by atoms with E-state index in [2.05, 4.69) is 15.5 Å². The second-order valence-electron chi connectivity index (χ2n) is 2.83. The minimum Gasteiger partial charge on any atom is -0.343 e. The van der Waals surface area contributed by atoms with Crippen molar-refractivity contribution in [3.8, 4) is 0 Å². The summed E-state index contributed by atoms with van der Waals surface area (Å²) in [6.07, 6.45) is 3.38. The molecule has 0 bridgehead atoms. The predicted octanol–water partition coefficient (Wildman–Crippen LogP) is -0.924. The summed E-state index contributed by atoms with van der Waals surface area (Å²) >= 11 is 0. The fraction of sp³-hybridized carbons (Fsp3) is 0.667. The van der Waals surface area contributed by atoms with Crippen LogP contribution < -0.4 is 0 Å². The number of rotatable bonds is 2. The van der Waals surface area contributed by atoms with Crippen LogP contribution >= 0.6 is 0 Å². The molecule has 1 fully saturated rings. The Hall–Kier alpha value is -1.46. The first-order chi connectivity index (χ1) is 5.90. The average molecular weight is 167 g/mol. The van der Waals surface area contributed by atoms with Gasteiger partial charge in [0.2, 0.25) is 6.41 Å². The van der Waals surface area contributed by atoms with E-state index in [1.165, 1.54) is 0 Å². The number of aromatic nitrogens is 4. The third-order valence-electron chi connectivity index (χ3n) is 2.08. The number of nitrogens with zero attached hydrogens (tertiary/aromatic N) is 5. The van der Waals surface area contributed by atoms with Crippen LogP contribution in [0.4, 0.5) is 0 Å². The third-order valence-corrected chi connectivity index (χ3v) is 2.08. The lowest BCUT2D eigenvalue weighted by Crippen LogP contribution is -2.19. The molecule has 0 aromatic carbocycles. The van der Waals surface area contributed by atoms with Gasteiger partial charge in [-0.1, -0.05) is 0 Å². The normalized spacial score (nSPS) is 23.0. The number of carbonyl (C=O) groups excluding carboxylic acids is 1. The largest absolute Gasteiger partial charge is 0.343 e. The fourth-order valence-corrected chi connectivity index (χ4v) is 1.42. The maximum Gasteiger partial charge on any atom is 0.209 e. The molecule has 1 atom stereocenters. The number of hydrogen-bond donors (Lipinski definition) is 0. The van der Waals surface area contributed by atoms with Crippen LogP contribution in [-0.2, 0) is 4.79 Å². The first-order valence-electron chi connectivity index (χ1n) is 3.82. The quantitative estimate of drug-likeness (QED) is 0.534. The van der Waals surface area contributed by atoms with E-state index in [0.717, 1.165) is 19.4 Å². The van der Waals surface area contributed by atoms with Crippen LogP contribution in [0.25, 0.3) is 0 Å². The molecule has 6 nitrogen and oxygen atoms in total. The van der Waals surface area contributed by atoms with Crippen LogP contribution in [0, 0.1) is 0 Å². The molecule has 0 saturated carbocycles. The molecule has 1 aliphatic rings. The summed E-state index contributed by atoms with van der Waals surface area (Å²) in [5.41, 5.74) is 0. The summed E-state index contributed by atoms with van der Waals surface area (Å²) in [6.45, 7) is 1.52. The van der Waals surface area contributed by atoms with Crippen molar-refractivity contribution < 1.29 is 4.79 Å². The zero-order chi connectivity index (χ0) is 8.39. The van der Waals surface area contributed by atoms with Gasteiger partial charge in [-0.25, -0.2) is 4.68 Å². The number of likely N-dealkylation sites (tertiary alicyclic amines) is 1. The van der Waals surface area contributed by atoms with E-state index in [1.807, 2.05) is 0 Å². The molecule has 2 heterocycles. The third kappa shape index (κ3) is 1.15. The minimum absolute atomic E-state index is 0.255. The van der Waals surface area contributed by atoms with Gasteiger partial charge in [0.25, 0.3) is 0 Å². The van der Waals surface area contributed by atoms with Gasteiger partial charge in [0.05, 0.1) is 6.04 Å². The zero-order valence-corrected chi connectivity index (χ0v) is 6.50. The Morgan fingerprint density at radius 2 is 2.50 bits per heavy atom. The summed E-state index contributed by atoms with van der Waals surface area (Å²) in [7, 11) is 0. The van der Waals surface area contributed by atoms with E-state index < -0.39 is 0 Å². The highest BCUT2D eigenvalue weighted by Crippen LogP contribution is 2.17. The van der Waals surface area contributed by atoms with Crippen LogP contribution in [-0.4, -0.2) is 44.6 Å². The van der Waals surface area contributed by atoms with Gasteiger partial charge >= 0.3 is 0 Å². The second-order valence-corrected chi connectivity index (χ2v) is 2.83. The van der Waals surface area contributed by atoms with Gasteiger partial charge < -0.3 is 4.90 Å². The highest BCUT2D eigenvalue weighted by Gasteiger charge is 2.23. The summed E-state index contributed by atoms with van der Waals surface area (Å²) in [6, 6.07) is 0.255. The van der Waals surface area contributed by atoms with Crippen molar-refractivity contribution in [2.75, 3.05) is 13.1 Å². The topological polar surface area (TPSA) is 63.9 Å². The molecule has 0 spiro atoms. The average Bonchev–Trinajstić information content (AvgIpc) is 2.75. The SMILES string of the molecule is O=CN1CCC(n2cnnn2)C1. The Balaban J connectivity index is 2.04. The van der Waals surface area contributed by atoms with Crippen molar-refractivity contribution in [3.05, 3.63) is 6.33 Å². The van der Waals surface area contributed by atoms with E-state index in [-0.39, 0.29) is 6.04 Å². The van der Waals surface area contributed by atoms with Crippen LogP contribution in [0.1, 0.15) is 12.5 Å². The maximum absolute atomic E-state index is 10.4. The molecule has 2 rings (SSSR count). The summed E-state index contributed by atoms with van der Waals surface area (Å²) in [4.78, 5) is 12.1. The number of carbonyl (C=O) groups is 1. The highest BCUT2D eigenvalue weighted by molar-refractivity contribution is 5.47. The van der Waals surface area contributed by atoms with Gasteiger partial charge in [0, 0.05) is 13.1 Å². The lowest BCUT2D eigenvalue weighted by atomic mass is 10.3. The Morgan fingerprint density at radius 3 is 3.08 bits per heavy atom. The van der Waals surface area contributed by atoms with Crippen LogP contribution in [0.5, 0.6) is 0 Å². The Morgan fingerprint density at radius 1 is 1.58 bits per heavy atom. The molecule has 6 heteroatoms. The van der Waals surface area contributed by atoms with Crippen molar-refractivity contribution in [2.24, 2.45) is 0 Å². The number of hydrogen-bond acceptors (Lipinski definition) is 4. The Labute approximate surface area is 69.2 Å². The second kappa shape index (κ2) is 2.88. The van der Waals surface area contributed by atoms with Gasteiger partial charge in [-0.2, -0.15) is 0 Å². The van der Waals surface area contributed by atoms with E-state index >= 15 is 0 Å². The number of tetrazole rings is 1. The van der Waals surface area contributed by atoms with Crippen molar-refractivity contribution in [3.63, 3.8) is 0 Å². The van der Waals surface area contributed by atoms with E-state index in [4.69, 9.17) is 0 Å². The molecule has 1 unspecified atom stereocenters. The summed E-state index contributed by atoms with van der Waals surface area (Å²) in [5.74, 6) is 0. The molecule has 0 aliphatic carbocycles. The Kier molecular flexibility index (Phi) is 1.73. The fourth-order valence-electron chi connectivity index (χ4n) is 1.42. The van der Waals surface area contributed by atoms with Crippen molar-refractivity contribution >= 4 is 6.41 Å². The molecular formula is C6H9N5O. The van der Waals surface area contributed by atoms with Gasteiger partial charge in [-0.05, 0) is 16.8 Å². The smallest absolute Gasteiger partial charge is 0.209 e. The van der Waals surface area contributed by atoms with Crippen molar-refractivity contribution in [1.29, 1.82) is 0 Å². The van der Waals surface area contributed by atoms with Gasteiger partial charge in [-0.15, -0.1) is 5.10 Å². The molecule has 1 aromatic heterocycles.